The molecule has 0 radical (unpaired) electrons. The molecule has 1 aliphatic heterocycles. The number of amides is 1. The largest absolute Gasteiger partial charge is 0.422 e. The summed E-state index contributed by atoms with van der Waals surface area (Å²) in [6.07, 6.45) is 0. The summed E-state index contributed by atoms with van der Waals surface area (Å²) in [5.41, 5.74) is 3.77. The van der Waals surface area contributed by atoms with E-state index in [2.05, 4.69) is 43.0 Å². The molecule has 2 aromatic carbocycles. The van der Waals surface area contributed by atoms with Crippen LogP contribution >= 0.6 is 0 Å². The molecule has 3 heterocycles. The summed E-state index contributed by atoms with van der Waals surface area (Å²) in [5, 5.41) is 1.27. The van der Waals surface area contributed by atoms with Gasteiger partial charge < -0.3 is 18.8 Å². The predicted molar refractivity (Wildman–Crippen MR) is 123 cm³/mol. The fourth-order valence-electron chi connectivity index (χ4n) is 4.69. The van der Waals surface area contributed by atoms with Gasteiger partial charge in [0.2, 0.25) is 0 Å². The Morgan fingerprint density at radius 2 is 1.84 bits per heavy atom. The van der Waals surface area contributed by atoms with Crippen LogP contribution in [-0.4, -0.2) is 41.1 Å². The van der Waals surface area contributed by atoms with E-state index in [1.54, 1.807) is 12.1 Å². The molecule has 6 nitrogen and oxygen atoms in total. The summed E-state index contributed by atoms with van der Waals surface area (Å²) < 4.78 is 7.29. The molecule has 1 saturated heterocycles. The lowest BCUT2D eigenvalue weighted by molar-refractivity contribution is 0.0717. The van der Waals surface area contributed by atoms with Gasteiger partial charge in [0.15, 0.2) is 0 Å². The molecule has 5 rings (SSSR count). The van der Waals surface area contributed by atoms with Crippen LogP contribution < -0.4 is 10.5 Å². The number of para-hydroxylation sites is 1. The monoisotopic (exact) mass is 415 g/mol. The molecule has 1 atom stereocenters. The molecule has 6 heteroatoms. The zero-order valence-corrected chi connectivity index (χ0v) is 18.0. The number of hydrogen-bond donors (Lipinski definition) is 0. The average Bonchev–Trinajstić information content (AvgIpc) is 3.11. The number of hydrogen-bond acceptors (Lipinski definition) is 4. The first-order chi connectivity index (χ1) is 14.9. The lowest BCUT2D eigenvalue weighted by Crippen LogP contribution is -2.54. The standard InChI is InChI=1S/C25H25N3O3/c1-16-7-6-8-18(13-16)28-12-11-27(15-17(28)2)24(29)21-14-20-23(26(21)3)19-9-4-5-10-22(19)31-25(20)30/h4-10,13-14,17H,11-12,15H2,1-3H3. The van der Waals surface area contributed by atoms with Crippen LogP contribution in [0, 0.1) is 6.92 Å². The van der Waals surface area contributed by atoms with Crippen LogP contribution in [0.4, 0.5) is 5.69 Å². The van der Waals surface area contributed by atoms with Crippen LogP contribution in [0.2, 0.25) is 0 Å². The first-order valence-corrected chi connectivity index (χ1v) is 10.6. The maximum absolute atomic E-state index is 13.4. The van der Waals surface area contributed by atoms with E-state index < -0.39 is 5.63 Å². The van der Waals surface area contributed by atoms with Gasteiger partial charge in [0.05, 0.1) is 10.9 Å². The zero-order chi connectivity index (χ0) is 21.7. The average molecular weight is 415 g/mol. The SMILES string of the molecule is Cc1cccc(N2CCN(C(=O)c3cc4c(=O)oc5ccccc5c4n3C)CC2C)c1. The van der Waals surface area contributed by atoms with Crippen molar-refractivity contribution in [3.8, 4) is 0 Å². The van der Waals surface area contributed by atoms with Gasteiger partial charge in [-0.25, -0.2) is 4.79 Å². The van der Waals surface area contributed by atoms with E-state index in [1.807, 2.05) is 34.7 Å². The number of piperazine rings is 1. The van der Waals surface area contributed by atoms with E-state index >= 15 is 0 Å². The maximum Gasteiger partial charge on any atom is 0.345 e. The predicted octanol–water partition coefficient (Wildman–Crippen LogP) is 3.94. The fourth-order valence-corrected chi connectivity index (χ4v) is 4.69. The normalized spacial score (nSPS) is 16.9. The molecule has 0 spiro atoms. The Morgan fingerprint density at radius 3 is 2.61 bits per heavy atom. The van der Waals surface area contributed by atoms with E-state index in [1.165, 1.54) is 11.3 Å². The van der Waals surface area contributed by atoms with Gasteiger partial charge in [-0.3, -0.25) is 4.79 Å². The van der Waals surface area contributed by atoms with Gasteiger partial charge in [-0.15, -0.1) is 0 Å². The summed E-state index contributed by atoms with van der Waals surface area (Å²) in [7, 11) is 1.84. The van der Waals surface area contributed by atoms with E-state index in [9.17, 15) is 9.59 Å². The van der Waals surface area contributed by atoms with Crippen molar-refractivity contribution in [3.05, 3.63) is 76.3 Å². The minimum Gasteiger partial charge on any atom is -0.422 e. The summed E-state index contributed by atoms with van der Waals surface area (Å²) in [4.78, 5) is 30.2. The smallest absolute Gasteiger partial charge is 0.345 e. The molecule has 0 saturated carbocycles. The Morgan fingerprint density at radius 1 is 1.03 bits per heavy atom. The lowest BCUT2D eigenvalue weighted by atomic mass is 10.1. The molecule has 1 fully saturated rings. The van der Waals surface area contributed by atoms with Crippen molar-refractivity contribution in [1.82, 2.24) is 9.47 Å². The van der Waals surface area contributed by atoms with Crippen LogP contribution in [-0.2, 0) is 7.05 Å². The second-order valence-electron chi connectivity index (χ2n) is 8.37. The second kappa shape index (κ2) is 7.30. The number of fused-ring (bicyclic) bond motifs is 3. The van der Waals surface area contributed by atoms with Crippen molar-refractivity contribution in [2.75, 3.05) is 24.5 Å². The van der Waals surface area contributed by atoms with Gasteiger partial charge in [-0.05, 0) is 49.7 Å². The highest BCUT2D eigenvalue weighted by Gasteiger charge is 2.29. The number of nitrogens with zero attached hydrogens (tertiary/aromatic N) is 3. The van der Waals surface area contributed by atoms with Gasteiger partial charge in [-0.2, -0.15) is 0 Å². The molecule has 0 N–H and O–H groups in total. The molecule has 4 aromatic rings. The Labute approximate surface area is 180 Å². The molecule has 1 aliphatic rings. The number of aromatic nitrogens is 1. The third-order valence-corrected chi connectivity index (χ3v) is 6.26. The third-order valence-electron chi connectivity index (χ3n) is 6.26. The van der Waals surface area contributed by atoms with Crippen molar-refractivity contribution >= 4 is 33.5 Å². The first kappa shape index (κ1) is 19.4. The van der Waals surface area contributed by atoms with E-state index in [0.29, 0.717) is 29.8 Å². The number of rotatable bonds is 2. The summed E-state index contributed by atoms with van der Waals surface area (Å²) in [6.45, 7) is 6.27. The molecular weight excluding hydrogens is 390 g/mol. The number of benzene rings is 2. The van der Waals surface area contributed by atoms with Crippen molar-refractivity contribution in [2.24, 2.45) is 7.05 Å². The zero-order valence-electron chi connectivity index (χ0n) is 18.0. The second-order valence-corrected chi connectivity index (χ2v) is 8.37. The highest BCUT2D eigenvalue weighted by atomic mass is 16.4. The quantitative estimate of drug-likeness (QED) is 0.465. The Hall–Kier alpha value is -3.54. The van der Waals surface area contributed by atoms with Crippen molar-refractivity contribution < 1.29 is 9.21 Å². The summed E-state index contributed by atoms with van der Waals surface area (Å²) in [6, 6.07) is 17.8. The van der Waals surface area contributed by atoms with Crippen LogP contribution in [0.5, 0.6) is 0 Å². The van der Waals surface area contributed by atoms with E-state index in [-0.39, 0.29) is 11.9 Å². The van der Waals surface area contributed by atoms with E-state index in [0.717, 1.165) is 17.4 Å². The van der Waals surface area contributed by atoms with Gasteiger partial charge in [0.1, 0.15) is 11.3 Å². The fraction of sp³-hybridized carbons (Fsp3) is 0.280. The summed E-state index contributed by atoms with van der Waals surface area (Å²) >= 11 is 0. The van der Waals surface area contributed by atoms with Crippen molar-refractivity contribution in [1.29, 1.82) is 0 Å². The molecule has 1 amide bonds. The first-order valence-electron chi connectivity index (χ1n) is 10.6. The molecular formula is C25H25N3O3. The van der Waals surface area contributed by atoms with Gasteiger partial charge in [-0.1, -0.05) is 24.3 Å². The van der Waals surface area contributed by atoms with E-state index in [4.69, 9.17) is 4.42 Å². The Balaban J connectivity index is 1.47. The molecule has 158 valence electrons. The van der Waals surface area contributed by atoms with Crippen molar-refractivity contribution in [3.63, 3.8) is 0 Å². The van der Waals surface area contributed by atoms with Gasteiger partial charge in [0, 0.05) is 43.8 Å². The number of aryl methyl sites for hydroxylation is 2. The Bertz CT molecular complexity index is 1370. The number of carbonyl (C=O) groups is 1. The van der Waals surface area contributed by atoms with Crippen LogP contribution in [0.3, 0.4) is 0 Å². The van der Waals surface area contributed by atoms with Crippen LogP contribution in [0.15, 0.2) is 63.8 Å². The molecule has 31 heavy (non-hydrogen) atoms. The topological polar surface area (TPSA) is 58.7 Å². The Kier molecular flexibility index (Phi) is 4.58. The highest BCUT2D eigenvalue weighted by Crippen LogP contribution is 2.27. The van der Waals surface area contributed by atoms with Crippen molar-refractivity contribution in [2.45, 2.75) is 19.9 Å². The lowest BCUT2D eigenvalue weighted by Gasteiger charge is -2.41. The third kappa shape index (κ3) is 3.19. The molecule has 0 aliphatic carbocycles. The maximum atomic E-state index is 13.4. The molecule has 2 aromatic heterocycles. The molecule has 1 unspecified atom stereocenters. The van der Waals surface area contributed by atoms with Crippen LogP contribution in [0.1, 0.15) is 23.0 Å². The van der Waals surface area contributed by atoms with Gasteiger partial charge in [0.25, 0.3) is 5.91 Å². The minimum atomic E-state index is -0.416. The number of anilines is 1. The van der Waals surface area contributed by atoms with Crippen LogP contribution in [0.25, 0.3) is 21.9 Å². The van der Waals surface area contributed by atoms with Gasteiger partial charge >= 0.3 is 5.63 Å². The molecule has 0 bridgehead atoms. The highest BCUT2D eigenvalue weighted by molar-refractivity contribution is 6.07. The minimum absolute atomic E-state index is 0.0575. The summed E-state index contributed by atoms with van der Waals surface area (Å²) in [5.74, 6) is -0.0575. The number of carbonyl (C=O) groups excluding carboxylic acids is 1.